The lowest BCUT2D eigenvalue weighted by molar-refractivity contribution is -0.141. The summed E-state index contributed by atoms with van der Waals surface area (Å²) >= 11 is 0. The Bertz CT molecular complexity index is 1150. The summed E-state index contributed by atoms with van der Waals surface area (Å²) in [5.74, 6) is 1.04. The van der Waals surface area contributed by atoms with Crippen LogP contribution in [0.15, 0.2) is 30.5 Å². The van der Waals surface area contributed by atoms with Gasteiger partial charge in [-0.1, -0.05) is 0 Å². The van der Waals surface area contributed by atoms with E-state index >= 15 is 0 Å². The van der Waals surface area contributed by atoms with Gasteiger partial charge >= 0.3 is 6.18 Å². The molecule has 5 nitrogen and oxygen atoms in total. The monoisotopic (exact) mass is 357 g/mol. The number of pyridine rings is 1. The molecule has 4 aromatic rings. The van der Waals surface area contributed by atoms with Gasteiger partial charge in [0, 0.05) is 17.0 Å². The molecule has 0 unspecified atom stereocenters. The summed E-state index contributed by atoms with van der Waals surface area (Å²) in [7, 11) is 0. The van der Waals surface area contributed by atoms with Crippen LogP contribution >= 0.6 is 0 Å². The van der Waals surface area contributed by atoms with E-state index in [4.69, 9.17) is 0 Å². The number of H-pyrrole nitrogens is 1. The fraction of sp³-hybridized carbons (Fsp3) is 0.278. The zero-order valence-electron chi connectivity index (χ0n) is 13.8. The second-order valence-electron chi connectivity index (χ2n) is 6.71. The van der Waals surface area contributed by atoms with E-state index in [2.05, 4.69) is 20.2 Å². The van der Waals surface area contributed by atoms with Crippen molar-refractivity contribution in [3.8, 4) is 5.69 Å². The molecular weight excluding hydrogens is 343 g/mol. The van der Waals surface area contributed by atoms with Crippen molar-refractivity contribution in [3.05, 3.63) is 47.5 Å². The number of aromatic nitrogens is 5. The Hall–Kier alpha value is -2.90. The van der Waals surface area contributed by atoms with Crippen LogP contribution in [-0.2, 0) is 6.18 Å². The average Bonchev–Trinajstić information content (AvgIpc) is 3.19. The van der Waals surface area contributed by atoms with Gasteiger partial charge in [-0.05, 0) is 49.6 Å². The Morgan fingerprint density at radius 3 is 2.69 bits per heavy atom. The summed E-state index contributed by atoms with van der Waals surface area (Å²) < 4.78 is 41.2. The van der Waals surface area contributed by atoms with E-state index in [0.29, 0.717) is 5.52 Å². The highest BCUT2D eigenvalue weighted by molar-refractivity contribution is 5.85. The number of fused-ring (bicyclic) bond motifs is 2. The van der Waals surface area contributed by atoms with Gasteiger partial charge in [-0.15, -0.1) is 0 Å². The third-order valence-electron chi connectivity index (χ3n) is 4.75. The van der Waals surface area contributed by atoms with E-state index in [1.807, 2.05) is 19.1 Å². The second-order valence-corrected chi connectivity index (χ2v) is 6.71. The first-order chi connectivity index (χ1) is 12.4. The van der Waals surface area contributed by atoms with Crippen molar-refractivity contribution in [2.75, 3.05) is 0 Å². The summed E-state index contributed by atoms with van der Waals surface area (Å²) in [5, 5.41) is 7.88. The lowest BCUT2D eigenvalue weighted by atomic mass is 10.1. The zero-order valence-corrected chi connectivity index (χ0v) is 13.8. The number of aromatic amines is 1. The van der Waals surface area contributed by atoms with Gasteiger partial charge in [-0.3, -0.25) is 9.67 Å². The zero-order chi connectivity index (χ0) is 18.1. The molecule has 1 saturated carbocycles. The van der Waals surface area contributed by atoms with E-state index in [0.717, 1.165) is 46.9 Å². The van der Waals surface area contributed by atoms with E-state index in [1.165, 1.54) is 6.07 Å². The molecule has 0 atom stereocenters. The molecule has 0 amide bonds. The molecule has 0 bridgehead atoms. The number of nitrogens with zero attached hydrogens (tertiary/aromatic N) is 4. The molecule has 1 fully saturated rings. The minimum Gasteiger partial charge on any atom is -0.280 e. The lowest BCUT2D eigenvalue weighted by Gasteiger charge is -2.11. The third kappa shape index (κ3) is 2.28. The second kappa shape index (κ2) is 5.06. The highest BCUT2D eigenvalue weighted by atomic mass is 19.4. The number of rotatable bonds is 2. The standard InChI is InChI=1S/C18H14F3N5/c1-9-6-12(7-11-8-22-25-15(9)11)26-16(10-2-3-10)23-13-4-5-14(18(19,20)21)24-17(13)26/h4-8,10H,2-3H2,1H3,(H,22,25). The third-order valence-corrected chi connectivity index (χ3v) is 4.75. The number of halogens is 3. The summed E-state index contributed by atoms with van der Waals surface area (Å²) in [4.78, 5) is 8.48. The Balaban J connectivity index is 1.82. The highest BCUT2D eigenvalue weighted by Crippen LogP contribution is 2.42. The average molecular weight is 357 g/mol. The smallest absolute Gasteiger partial charge is 0.280 e. The van der Waals surface area contributed by atoms with Gasteiger partial charge < -0.3 is 0 Å². The van der Waals surface area contributed by atoms with E-state index in [1.54, 1.807) is 10.8 Å². The largest absolute Gasteiger partial charge is 0.433 e. The van der Waals surface area contributed by atoms with Crippen LogP contribution in [0.4, 0.5) is 13.2 Å². The molecule has 5 rings (SSSR count). The molecule has 0 spiro atoms. The lowest BCUT2D eigenvalue weighted by Crippen LogP contribution is -2.09. The van der Waals surface area contributed by atoms with Crippen LogP contribution in [0, 0.1) is 6.92 Å². The number of imidazole rings is 1. The Morgan fingerprint density at radius 2 is 1.96 bits per heavy atom. The molecule has 3 heterocycles. The van der Waals surface area contributed by atoms with Crippen LogP contribution < -0.4 is 0 Å². The molecule has 0 aliphatic heterocycles. The maximum atomic E-state index is 13.2. The Morgan fingerprint density at radius 1 is 1.15 bits per heavy atom. The van der Waals surface area contributed by atoms with Crippen LogP contribution in [0.1, 0.15) is 35.8 Å². The molecule has 1 aromatic carbocycles. The van der Waals surface area contributed by atoms with Gasteiger partial charge in [-0.25, -0.2) is 9.97 Å². The van der Waals surface area contributed by atoms with Gasteiger partial charge in [0.15, 0.2) is 5.65 Å². The van der Waals surface area contributed by atoms with E-state index in [9.17, 15) is 13.2 Å². The molecule has 132 valence electrons. The summed E-state index contributed by atoms with van der Waals surface area (Å²) in [6.07, 6.45) is -0.811. The van der Waals surface area contributed by atoms with Crippen LogP contribution in [0.3, 0.4) is 0 Å². The van der Waals surface area contributed by atoms with E-state index in [-0.39, 0.29) is 11.6 Å². The molecule has 0 saturated heterocycles. The maximum Gasteiger partial charge on any atom is 0.433 e. The van der Waals surface area contributed by atoms with Gasteiger partial charge in [0.1, 0.15) is 17.0 Å². The molecule has 26 heavy (non-hydrogen) atoms. The van der Waals surface area contributed by atoms with Gasteiger partial charge in [0.25, 0.3) is 0 Å². The molecule has 0 radical (unpaired) electrons. The number of aryl methyl sites for hydroxylation is 1. The summed E-state index contributed by atoms with van der Waals surface area (Å²) in [5.41, 5.74) is 2.44. The quantitative estimate of drug-likeness (QED) is 0.575. The molecule has 8 heteroatoms. The van der Waals surface area contributed by atoms with Crippen LogP contribution in [0.25, 0.3) is 27.8 Å². The highest BCUT2D eigenvalue weighted by Gasteiger charge is 2.35. The van der Waals surface area contributed by atoms with Gasteiger partial charge in [0.2, 0.25) is 0 Å². The first-order valence-corrected chi connectivity index (χ1v) is 8.32. The van der Waals surface area contributed by atoms with Crippen molar-refractivity contribution < 1.29 is 13.2 Å². The predicted octanol–water partition coefficient (Wildman–Crippen LogP) is 4.50. The molecule has 1 aliphatic carbocycles. The fourth-order valence-electron chi connectivity index (χ4n) is 3.35. The topological polar surface area (TPSA) is 59.4 Å². The first kappa shape index (κ1) is 15.4. The minimum atomic E-state index is -4.49. The van der Waals surface area contributed by atoms with E-state index < -0.39 is 11.9 Å². The van der Waals surface area contributed by atoms with Crippen molar-refractivity contribution in [3.63, 3.8) is 0 Å². The van der Waals surface area contributed by atoms with Crippen molar-refractivity contribution in [1.29, 1.82) is 0 Å². The van der Waals surface area contributed by atoms with Crippen molar-refractivity contribution in [1.82, 2.24) is 24.7 Å². The number of alkyl halides is 3. The first-order valence-electron chi connectivity index (χ1n) is 8.32. The Kier molecular flexibility index (Phi) is 2.99. The van der Waals surface area contributed by atoms with Crippen LogP contribution in [-0.4, -0.2) is 24.7 Å². The predicted molar refractivity (Wildman–Crippen MR) is 90.2 cm³/mol. The molecular formula is C18H14F3N5. The maximum absolute atomic E-state index is 13.2. The van der Waals surface area contributed by atoms with Gasteiger partial charge in [0.05, 0.1) is 11.7 Å². The van der Waals surface area contributed by atoms with Crippen LogP contribution in [0.2, 0.25) is 0 Å². The Labute approximate surface area is 145 Å². The molecule has 1 N–H and O–H groups in total. The van der Waals surface area contributed by atoms with Crippen molar-refractivity contribution in [2.24, 2.45) is 0 Å². The number of hydrogen-bond acceptors (Lipinski definition) is 3. The summed E-state index contributed by atoms with van der Waals surface area (Å²) in [6, 6.07) is 6.22. The summed E-state index contributed by atoms with van der Waals surface area (Å²) in [6.45, 7) is 1.94. The van der Waals surface area contributed by atoms with Crippen LogP contribution in [0.5, 0.6) is 0 Å². The normalized spacial score (nSPS) is 15.2. The number of hydrogen-bond donors (Lipinski definition) is 1. The SMILES string of the molecule is Cc1cc(-n2c(C3CC3)nc3ccc(C(F)(F)F)nc32)cc2cn[nH]c12. The van der Waals surface area contributed by atoms with Crippen molar-refractivity contribution >= 4 is 22.1 Å². The minimum absolute atomic E-state index is 0.240. The van der Waals surface area contributed by atoms with Gasteiger partial charge in [-0.2, -0.15) is 18.3 Å². The number of benzene rings is 1. The molecule has 1 aliphatic rings. The van der Waals surface area contributed by atoms with Crippen molar-refractivity contribution in [2.45, 2.75) is 31.9 Å². The fourth-order valence-corrected chi connectivity index (χ4v) is 3.35. The molecule has 3 aromatic heterocycles. The number of nitrogens with one attached hydrogen (secondary N) is 1.